The van der Waals surface area contributed by atoms with E-state index in [1.54, 1.807) is 6.20 Å². The number of primary amides is 1. The van der Waals surface area contributed by atoms with Gasteiger partial charge in [0.25, 0.3) is 0 Å². The predicted octanol–water partition coefficient (Wildman–Crippen LogP) is 0.717. The maximum atomic E-state index is 11.2. The SMILES string of the molecule is Cc1cnc(B2OC(C)(C)C(C)(C)O2)c(CC(N)=O)c1. The zero-order valence-electron chi connectivity index (χ0n) is 12.7. The van der Waals surface area contributed by atoms with E-state index in [-0.39, 0.29) is 6.42 Å². The summed E-state index contributed by atoms with van der Waals surface area (Å²) < 4.78 is 12.0. The zero-order chi connectivity index (χ0) is 15.1. The topological polar surface area (TPSA) is 74.4 Å². The first-order valence-electron chi connectivity index (χ1n) is 6.72. The van der Waals surface area contributed by atoms with Crippen molar-refractivity contribution in [3.05, 3.63) is 23.4 Å². The lowest BCUT2D eigenvalue weighted by Crippen LogP contribution is -2.41. The smallest absolute Gasteiger partial charge is 0.398 e. The molecule has 0 saturated carbocycles. The molecule has 1 saturated heterocycles. The first kappa shape index (κ1) is 15.0. The Kier molecular flexibility index (Phi) is 3.65. The fourth-order valence-corrected chi connectivity index (χ4v) is 2.14. The van der Waals surface area contributed by atoms with Gasteiger partial charge in [0.15, 0.2) is 0 Å². The van der Waals surface area contributed by atoms with E-state index in [0.29, 0.717) is 5.59 Å². The van der Waals surface area contributed by atoms with Crippen molar-refractivity contribution in [1.82, 2.24) is 4.98 Å². The van der Waals surface area contributed by atoms with Crippen LogP contribution in [0.15, 0.2) is 12.3 Å². The van der Waals surface area contributed by atoms with Crippen molar-refractivity contribution < 1.29 is 14.1 Å². The summed E-state index contributed by atoms with van der Waals surface area (Å²) in [4.78, 5) is 15.6. The molecule has 1 fully saturated rings. The third kappa shape index (κ3) is 2.71. The Balaban J connectivity index is 2.37. The molecule has 0 radical (unpaired) electrons. The van der Waals surface area contributed by atoms with Crippen LogP contribution in [0.3, 0.4) is 0 Å². The van der Waals surface area contributed by atoms with Gasteiger partial charge in [-0.3, -0.25) is 9.78 Å². The van der Waals surface area contributed by atoms with E-state index in [1.165, 1.54) is 0 Å². The summed E-state index contributed by atoms with van der Waals surface area (Å²) in [6, 6.07) is 1.90. The Morgan fingerprint density at radius 3 is 2.35 bits per heavy atom. The van der Waals surface area contributed by atoms with Gasteiger partial charge < -0.3 is 15.0 Å². The summed E-state index contributed by atoms with van der Waals surface area (Å²) in [5.74, 6) is -0.393. The van der Waals surface area contributed by atoms with Crippen molar-refractivity contribution in [2.75, 3.05) is 0 Å². The number of nitrogens with two attached hydrogens (primary N) is 1. The van der Waals surface area contributed by atoms with E-state index in [4.69, 9.17) is 15.0 Å². The molecule has 2 rings (SSSR count). The normalized spacial score (nSPS) is 20.1. The number of nitrogens with zero attached hydrogens (tertiary/aromatic N) is 1. The van der Waals surface area contributed by atoms with Gasteiger partial charge in [0, 0.05) is 6.20 Å². The molecule has 1 amide bonds. The van der Waals surface area contributed by atoms with E-state index in [2.05, 4.69) is 4.98 Å². The third-order valence-electron chi connectivity index (χ3n) is 3.98. The minimum Gasteiger partial charge on any atom is -0.398 e. The summed E-state index contributed by atoms with van der Waals surface area (Å²) in [5, 5.41) is 0. The molecule has 1 aromatic heterocycles. The highest BCUT2D eigenvalue weighted by Crippen LogP contribution is 2.36. The maximum Gasteiger partial charge on any atom is 0.514 e. The summed E-state index contributed by atoms with van der Waals surface area (Å²) >= 11 is 0. The molecule has 6 heteroatoms. The van der Waals surface area contributed by atoms with Crippen LogP contribution in [0.2, 0.25) is 0 Å². The van der Waals surface area contributed by atoms with Crippen LogP contribution in [0.25, 0.3) is 0 Å². The van der Waals surface area contributed by atoms with Gasteiger partial charge in [0.05, 0.1) is 23.2 Å². The van der Waals surface area contributed by atoms with E-state index in [1.807, 2.05) is 40.7 Å². The lowest BCUT2D eigenvalue weighted by Gasteiger charge is -2.32. The van der Waals surface area contributed by atoms with Gasteiger partial charge in [-0.25, -0.2) is 0 Å². The van der Waals surface area contributed by atoms with Crippen molar-refractivity contribution in [3.8, 4) is 0 Å². The Morgan fingerprint density at radius 1 is 1.30 bits per heavy atom. The Hall–Kier alpha value is -1.40. The van der Waals surface area contributed by atoms with Gasteiger partial charge in [-0.2, -0.15) is 0 Å². The number of carbonyl (C=O) groups is 1. The number of hydrogen-bond donors (Lipinski definition) is 1. The predicted molar refractivity (Wildman–Crippen MR) is 77.6 cm³/mol. The molecule has 1 aliphatic heterocycles. The Morgan fingerprint density at radius 2 is 1.85 bits per heavy atom. The van der Waals surface area contributed by atoms with E-state index in [9.17, 15) is 4.79 Å². The van der Waals surface area contributed by atoms with Gasteiger partial charge in [0.2, 0.25) is 5.91 Å². The largest absolute Gasteiger partial charge is 0.514 e. The summed E-state index contributed by atoms with van der Waals surface area (Å²) in [5.41, 5.74) is 6.79. The van der Waals surface area contributed by atoms with E-state index >= 15 is 0 Å². The maximum absolute atomic E-state index is 11.2. The van der Waals surface area contributed by atoms with Crippen LogP contribution in [-0.4, -0.2) is 29.2 Å². The molecule has 2 heterocycles. The summed E-state index contributed by atoms with van der Waals surface area (Å²) in [6.07, 6.45) is 1.87. The van der Waals surface area contributed by atoms with Crippen molar-refractivity contribution in [2.24, 2.45) is 5.73 Å². The number of rotatable bonds is 3. The average Bonchev–Trinajstić information content (AvgIpc) is 2.46. The third-order valence-corrected chi connectivity index (χ3v) is 3.98. The van der Waals surface area contributed by atoms with Gasteiger partial charge >= 0.3 is 7.12 Å². The van der Waals surface area contributed by atoms with Gasteiger partial charge in [-0.05, 0) is 45.7 Å². The van der Waals surface area contributed by atoms with Gasteiger partial charge in [0.1, 0.15) is 0 Å². The highest BCUT2D eigenvalue weighted by molar-refractivity contribution is 6.61. The van der Waals surface area contributed by atoms with Gasteiger partial charge in [-0.15, -0.1) is 0 Å². The first-order chi connectivity index (χ1) is 9.12. The molecule has 2 N–H and O–H groups in total. The number of carbonyl (C=O) groups excluding carboxylic acids is 1. The fourth-order valence-electron chi connectivity index (χ4n) is 2.14. The standard InChI is InChI=1S/C14H21BN2O3/c1-9-6-10(7-11(16)18)12(17-8-9)15-19-13(2,3)14(4,5)20-15/h6,8H,7H2,1-5H3,(H2,16,18). The van der Waals surface area contributed by atoms with Crippen LogP contribution in [0.1, 0.15) is 38.8 Å². The minimum absolute atomic E-state index is 0.133. The van der Waals surface area contributed by atoms with Crippen molar-refractivity contribution in [1.29, 1.82) is 0 Å². The average molecular weight is 276 g/mol. The molecule has 0 aromatic carbocycles. The number of hydrogen-bond acceptors (Lipinski definition) is 4. The molecule has 5 nitrogen and oxygen atoms in total. The van der Waals surface area contributed by atoms with E-state index < -0.39 is 24.2 Å². The molecule has 108 valence electrons. The number of amides is 1. The summed E-state index contributed by atoms with van der Waals surface area (Å²) in [7, 11) is -0.574. The second-order valence-electron chi connectivity index (χ2n) is 6.29. The molecule has 1 aliphatic rings. The van der Waals surface area contributed by atoms with Crippen molar-refractivity contribution >= 4 is 18.6 Å². The molecule has 0 bridgehead atoms. The number of aryl methyl sites for hydroxylation is 1. The second-order valence-corrected chi connectivity index (χ2v) is 6.29. The van der Waals surface area contributed by atoms with Crippen LogP contribution in [0.4, 0.5) is 0 Å². The number of aromatic nitrogens is 1. The lowest BCUT2D eigenvalue weighted by atomic mass is 9.79. The molecule has 0 aliphatic carbocycles. The summed E-state index contributed by atoms with van der Waals surface area (Å²) in [6.45, 7) is 9.85. The molecule has 0 unspecified atom stereocenters. The first-order valence-corrected chi connectivity index (χ1v) is 6.72. The van der Waals surface area contributed by atoms with Crippen molar-refractivity contribution in [2.45, 2.75) is 52.2 Å². The highest BCUT2D eigenvalue weighted by Gasteiger charge is 2.52. The van der Waals surface area contributed by atoms with Crippen LogP contribution in [0, 0.1) is 6.92 Å². The van der Waals surface area contributed by atoms with Crippen molar-refractivity contribution in [3.63, 3.8) is 0 Å². The Labute approximate surface area is 120 Å². The second kappa shape index (κ2) is 4.86. The molecule has 0 atom stereocenters. The van der Waals surface area contributed by atoms with Crippen LogP contribution in [-0.2, 0) is 20.5 Å². The molecule has 1 aromatic rings. The Bertz CT molecular complexity index is 527. The zero-order valence-corrected chi connectivity index (χ0v) is 12.7. The van der Waals surface area contributed by atoms with Gasteiger partial charge in [-0.1, -0.05) is 6.07 Å². The molecule has 0 spiro atoms. The van der Waals surface area contributed by atoms with E-state index in [0.717, 1.165) is 11.1 Å². The minimum atomic E-state index is -0.574. The molecular weight excluding hydrogens is 255 g/mol. The quantitative estimate of drug-likeness (QED) is 0.825. The van der Waals surface area contributed by atoms with Crippen LogP contribution < -0.4 is 11.3 Å². The number of pyridine rings is 1. The fraction of sp³-hybridized carbons (Fsp3) is 0.571. The highest BCUT2D eigenvalue weighted by atomic mass is 16.7. The monoisotopic (exact) mass is 276 g/mol. The lowest BCUT2D eigenvalue weighted by molar-refractivity contribution is -0.117. The van der Waals surface area contributed by atoms with Crippen LogP contribution >= 0.6 is 0 Å². The molecule has 20 heavy (non-hydrogen) atoms. The molecular formula is C14H21BN2O3. The van der Waals surface area contributed by atoms with Crippen LogP contribution in [0.5, 0.6) is 0 Å².